The van der Waals surface area contributed by atoms with Crippen molar-refractivity contribution in [2.75, 3.05) is 0 Å². The van der Waals surface area contributed by atoms with Gasteiger partial charge in [0.2, 0.25) is 5.91 Å². The van der Waals surface area contributed by atoms with E-state index in [1.807, 2.05) is 0 Å². The number of aliphatic carboxylic acids is 1. The lowest BCUT2D eigenvalue weighted by Crippen LogP contribution is -2.46. The molecule has 0 aromatic heterocycles. The van der Waals surface area contributed by atoms with Gasteiger partial charge in [-0.1, -0.05) is 19.3 Å². The number of carbonyl (C=O) groups excluding carboxylic acids is 1. The molecule has 2 atom stereocenters. The predicted molar refractivity (Wildman–Crippen MR) is 57.8 cm³/mol. The SMILES string of the molecule is CC(NC(=O)C(O)C1CCCCC1)C(=O)O. The molecule has 0 aliphatic heterocycles. The lowest BCUT2D eigenvalue weighted by molar-refractivity contribution is -0.143. The first-order valence-electron chi connectivity index (χ1n) is 5.73. The fraction of sp³-hybridized carbons (Fsp3) is 0.818. The van der Waals surface area contributed by atoms with E-state index in [1.54, 1.807) is 0 Å². The summed E-state index contributed by atoms with van der Waals surface area (Å²) in [6.45, 7) is 1.38. The normalized spacial score (nSPS) is 21.1. The van der Waals surface area contributed by atoms with Crippen LogP contribution in [0.1, 0.15) is 39.0 Å². The van der Waals surface area contributed by atoms with Gasteiger partial charge in [-0.15, -0.1) is 0 Å². The third-order valence-corrected chi connectivity index (χ3v) is 3.09. The van der Waals surface area contributed by atoms with E-state index in [9.17, 15) is 14.7 Å². The molecule has 0 bridgehead atoms. The quantitative estimate of drug-likeness (QED) is 0.655. The average molecular weight is 229 g/mol. The van der Waals surface area contributed by atoms with Gasteiger partial charge in [-0.2, -0.15) is 0 Å². The summed E-state index contributed by atoms with van der Waals surface area (Å²) in [6, 6.07) is -0.953. The van der Waals surface area contributed by atoms with Gasteiger partial charge in [-0.05, 0) is 25.7 Å². The highest BCUT2D eigenvalue weighted by Crippen LogP contribution is 2.26. The molecule has 1 aliphatic carbocycles. The van der Waals surface area contributed by atoms with Gasteiger partial charge >= 0.3 is 5.97 Å². The van der Waals surface area contributed by atoms with Crippen molar-refractivity contribution in [3.8, 4) is 0 Å². The van der Waals surface area contributed by atoms with Crippen LogP contribution in [0.3, 0.4) is 0 Å². The first-order chi connectivity index (χ1) is 7.52. The van der Waals surface area contributed by atoms with Gasteiger partial charge in [0.05, 0.1) is 0 Å². The number of carbonyl (C=O) groups is 2. The summed E-state index contributed by atoms with van der Waals surface area (Å²) in [5.41, 5.74) is 0. The Morgan fingerprint density at radius 3 is 2.31 bits per heavy atom. The van der Waals surface area contributed by atoms with Crippen molar-refractivity contribution in [1.29, 1.82) is 0 Å². The highest BCUT2D eigenvalue weighted by Gasteiger charge is 2.28. The summed E-state index contributed by atoms with van der Waals surface area (Å²) in [5, 5.41) is 20.7. The number of aliphatic hydroxyl groups excluding tert-OH is 1. The minimum absolute atomic E-state index is 0.0188. The molecule has 1 aliphatic rings. The molecule has 92 valence electrons. The number of nitrogens with one attached hydrogen (secondary N) is 1. The molecule has 3 N–H and O–H groups in total. The van der Waals surface area contributed by atoms with E-state index >= 15 is 0 Å². The summed E-state index contributed by atoms with van der Waals surface area (Å²) in [7, 11) is 0. The second kappa shape index (κ2) is 5.84. The largest absolute Gasteiger partial charge is 0.480 e. The maximum absolute atomic E-state index is 11.5. The van der Waals surface area contributed by atoms with Crippen molar-refractivity contribution >= 4 is 11.9 Å². The first-order valence-corrected chi connectivity index (χ1v) is 5.73. The molecule has 0 aromatic rings. The molecule has 1 fully saturated rings. The molecule has 0 saturated heterocycles. The van der Waals surface area contributed by atoms with Crippen LogP contribution in [0.15, 0.2) is 0 Å². The summed E-state index contributed by atoms with van der Waals surface area (Å²) < 4.78 is 0. The van der Waals surface area contributed by atoms with Gasteiger partial charge in [0, 0.05) is 0 Å². The standard InChI is InChI=1S/C11H19NO4/c1-7(11(15)16)12-10(14)9(13)8-5-3-2-4-6-8/h7-9,13H,2-6H2,1H3,(H,12,14)(H,15,16). The number of hydrogen-bond acceptors (Lipinski definition) is 3. The van der Waals surface area contributed by atoms with Gasteiger partial charge < -0.3 is 15.5 Å². The van der Waals surface area contributed by atoms with Crippen molar-refractivity contribution in [1.82, 2.24) is 5.32 Å². The number of hydrogen-bond donors (Lipinski definition) is 3. The van der Waals surface area contributed by atoms with E-state index in [-0.39, 0.29) is 5.92 Å². The van der Waals surface area contributed by atoms with E-state index in [2.05, 4.69) is 5.32 Å². The Hall–Kier alpha value is -1.10. The van der Waals surface area contributed by atoms with Crippen LogP contribution >= 0.6 is 0 Å². The Labute approximate surface area is 94.8 Å². The van der Waals surface area contributed by atoms with Crippen LogP contribution in [0.2, 0.25) is 0 Å². The fourth-order valence-electron chi connectivity index (χ4n) is 2.02. The molecule has 1 amide bonds. The van der Waals surface area contributed by atoms with Gasteiger partial charge in [0.25, 0.3) is 0 Å². The van der Waals surface area contributed by atoms with Crippen molar-refractivity contribution in [3.63, 3.8) is 0 Å². The van der Waals surface area contributed by atoms with Crippen LogP contribution in [0.5, 0.6) is 0 Å². The third-order valence-electron chi connectivity index (χ3n) is 3.09. The number of amides is 1. The Morgan fingerprint density at radius 1 is 1.25 bits per heavy atom. The first kappa shape index (κ1) is 13.0. The monoisotopic (exact) mass is 229 g/mol. The lowest BCUT2D eigenvalue weighted by Gasteiger charge is -2.26. The zero-order valence-corrected chi connectivity index (χ0v) is 9.48. The van der Waals surface area contributed by atoms with E-state index in [0.29, 0.717) is 0 Å². The number of rotatable bonds is 4. The third kappa shape index (κ3) is 3.48. The van der Waals surface area contributed by atoms with Gasteiger partial charge in [-0.3, -0.25) is 9.59 Å². The van der Waals surface area contributed by atoms with Crippen molar-refractivity contribution in [2.24, 2.45) is 5.92 Å². The smallest absolute Gasteiger partial charge is 0.325 e. The second-order valence-electron chi connectivity index (χ2n) is 4.41. The van der Waals surface area contributed by atoms with Crippen LogP contribution < -0.4 is 5.32 Å². The molecule has 5 heteroatoms. The summed E-state index contributed by atoms with van der Waals surface area (Å²) in [6.07, 6.45) is 3.83. The summed E-state index contributed by atoms with van der Waals surface area (Å²) in [5.74, 6) is -1.68. The Bertz CT molecular complexity index is 261. The van der Waals surface area contributed by atoms with E-state index < -0.39 is 24.0 Å². The molecular weight excluding hydrogens is 210 g/mol. The highest BCUT2D eigenvalue weighted by molar-refractivity contribution is 5.86. The fourth-order valence-corrected chi connectivity index (χ4v) is 2.02. The molecular formula is C11H19NO4. The van der Waals surface area contributed by atoms with E-state index in [0.717, 1.165) is 32.1 Å². The van der Waals surface area contributed by atoms with Crippen LogP contribution in [0.4, 0.5) is 0 Å². The number of carboxylic acids is 1. The lowest BCUT2D eigenvalue weighted by atomic mass is 9.85. The zero-order valence-electron chi connectivity index (χ0n) is 9.48. The van der Waals surface area contributed by atoms with Gasteiger partial charge in [0.1, 0.15) is 12.1 Å². The number of carboxylic acid groups (broad SMARTS) is 1. The molecule has 1 rings (SSSR count). The van der Waals surface area contributed by atoms with Crippen molar-refractivity contribution < 1.29 is 19.8 Å². The molecule has 0 spiro atoms. The number of aliphatic hydroxyl groups is 1. The Balaban J connectivity index is 2.43. The summed E-state index contributed by atoms with van der Waals surface area (Å²) in [4.78, 5) is 22.1. The van der Waals surface area contributed by atoms with Crippen LogP contribution in [-0.4, -0.2) is 34.2 Å². The topological polar surface area (TPSA) is 86.6 Å². The van der Waals surface area contributed by atoms with Gasteiger partial charge in [0.15, 0.2) is 0 Å². The van der Waals surface area contributed by atoms with Crippen LogP contribution in [0.25, 0.3) is 0 Å². The van der Waals surface area contributed by atoms with E-state index in [1.165, 1.54) is 6.92 Å². The molecule has 2 unspecified atom stereocenters. The Morgan fingerprint density at radius 2 is 1.81 bits per heavy atom. The maximum atomic E-state index is 11.5. The molecule has 16 heavy (non-hydrogen) atoms. The molecule has 5 nitrogen and oxygen atoms in total. The van der Waals surface area contributed by atoms with Crippen LogP contribution in [0, 0.1) is 5.92 Å². The molecule has 0 radical (unpaired) electrons. The second-order valence-corrected chi connectivity index (χ2v) is 4.41. The molecule has 0 aromatic carbocycles. The maximum Gasteiger partial charge on any atom is 0.325 e. The minimum Gasteiger partial charge on any atom is -0.480 e. The highest BCUT2D eigenvalue weighted by atomic mass is 16.4. The molecule has 1 saturated carbocycles. The van der Waals surface area contributed by atoms with Crippen LogP contribution in [-0.2, 0) is 9.59 Å². The van der Waals surface area contributed by atoms with Crippen molar-refractivity contribution in [2.45, 2.75) is 51.2 Å². The predicted octanol–water partition coefficient (Wildman–Crippen LogP) is 0.517. The van der Waals surface area contributed by atoms with E-state index in [4.69, 9.17) is 5.11 Å². The van der Waals surface area contributed by atoms with Gasteiger partial charge in [-0.25, -0.2) is 0 Å². The minimum atomic E-state index is -1.09. The van der Waals surface area contributed by atoms with Crippen molar-refractivity contribution in [3.05, 3.63) is 0 Å². The molecule has 0 heterocycles. The zero-order chi connectivity index (χ0) is 12.1. The average Bonchev–Trinajstić information content (AvgIpc) is 2.28. The Kier molecular flexibility index (Phi) is 4.73. The summed E-state index contributed by atoms with van der Waals surface area (Å²) >= 11 is 0.